The minimum Gasteiger partial charge on any atom is -0.493 e. The summed E-state index contributed by atoms with van der Waals surface area (Å²) in [7, 11) is 2.48. The van der Waals surface area contributed by atoms with Gasteiger partial charge < -0.3 is 19.3 Å². The van der Waals surface area contributed by atoms with Crippen molar-refractivity contribution in [3.63, 3.8) is 0 Å². The fraction of sp³-hybridized carbons (Fsp3) is 0.455. The zero-order chi connectivity index (χ0) is 27.7. The lowest BCUT2D eigenvalue weighted by Gasteiger charge is -2.13. The van der Waals surface area contributed by atoms with Crippen molar-refractivity contribution < 1.29 is 33.0 Å². The minimum absolute atomic E-state index is 0.0876. The first-order valence-electron chi connectivity index (χ1n) is 13.2. The molecule has 0 spiro atoms. The molecule has 4 nitrogen and oxygen atoms in total. The number of methoxy groups -OCH3 is 2. The number of benzene rings is 2. The zero-order valence-corrected chi connectivity index (χ0v) is 15.4. The van der Waals surface area contributed by atoms with Gasteiger partial charge in [0.05, 0.1) is 31.3 Å². The average molecular weight is 369 g/mol. The van der Waals surface area contributed by atoms with Gasteiger partial charge in [-0.3, -0.25) is 0 Å². The summed E-state index contributed by atoms with van der Waals surface area (Å²) in [4.78, 5) is 0. The van der Waals surface area contributed by atoms with Crippen LogP contribution in [0.2, 0.25) is 0 Å². The van der Waals surface area contributed by atoms with Crippen LogP contribution in [0.15, 0.2) is 36.3 Å². The molecular weight excluding hydrogens is 328 g/mol. The van der Waals surface area contributed by atoms with E-state index in [9.17, 15) is 5.11 Å². The van der Waals surface area contributed by atoms with Crippen LogP contribution in [0.5, 0.6) is 17.2 Å². The smallest absolute Gasteiger partial charge is 0.160 e. The van der Waals surface area contributed by atoms with E-state index in [1.165, 1.54) is 14.2 Å². The molecule has 0 fully saturated rings. The number of aliphatic hydroxyl groups is 1. The molecule has 0 aromatic heterocycles. The maximum absolute atomic E-state index is 10.5. The number of rotatable bonds is 10. The predicted octanol–water partition coefficient (Wildman–Crippen LogP) is 4.47. The third-order valence-electron chi connectivity index (χ3n) is 3.63. The normalized spacial score (nSPS) is 18.5. The number of ether oxygens (including phenoxy) is 3. The van der Waals surface area contributed by atoms with Crippen molar-refractivity contribution in [1.82, 2.24) is 0 Å². The van der Waals surface area contributed by atoms with Crippen molar-refractivity contribution in [3.05, 3.63) is 52.9 Å². The Labute approximate surface area is 170 Å². The third-order valence-corrected chi connectivity index (χ3v) is 3.63. The monoisotopic (exact) mass is 368 g/mol. The number of hydrogen-bond donors (Lipinski definition) is 1. The highest BCUT2D eigenvalue weighted by Crippen LogP contribution is 2.28. The van der Waals surface area contributed by atoms with Gasteiger partial charge in [0.25, 0.3) is 0 Å². The van der Waals surface area contributed by atoms with Crippen LogP contribution in [0, 0.1) is 13.8 Å². The van der Waals surface area contributed by atoms with Crippen LogP contribution in [0.4, 0.5) is 0 Å². The lowest BCUT2D eigenvalue weighted by molar-refractivity contribution is 0.0976. The number of hydrogen-bond acceptors (Lipinski definition) is 4. The first-order valence-corrected chi connectivity index (χ1v) is 8.19. The second-order valence-corrected chi connectivity index (χ2v) is 5.58. The van der Waals surface area contributed by atoms with E-state index >= 15 is 0 Å². The van der Waals surface area contributed by atoms with Crippen LogP contribution in [-0.4, -0.2) is 32.0 Å². The first-order chi connectivity index (χ1) is 16.5. The molecule has 0 aliphatic heterocycles. The van der Waals surface area contributed by atoms with Gasteiger partial charge in [-0.25, -0.2) is 0 Å². The van der Waals surface area contributed by atoms with E-state index in [-0.39, 0.29) is 48.4 Å². The quantitative estimate of drug-likeness (QED) is 0.672. The van der Waals surface area contributed by atoms with E-state index in [1.54, 1.807) is 13.8 Å². The molecule has 0 radical (unpaired) electrons. The van der Waals surface area contributed by atoms with E-state index in [1.807, 2.05) is 0 Å². The van der Waals surface area contributed by atoms with Gasteiger partial charge >= 0.3 is 0 Å². The van der Waals surface area contributed by atoms with E-state index in [0.717, 1.165) is 0 Å². The molecule has 1 atom stereocenters. The van der Waals surface area contributed by atoms with Gasteiger partial charge in [-0.2, -0.15) is 0 Å². The van der Waals surface area contributed by atoms with E-state index < -0.39 is 49.0 Å². The summed E-state index contributed by atoms with van der Waals surface area (Å²) in [5, 5.41) is 10.5. The molecule has 0 saturated heterocycles. The van der Waals surface area contributed by atoms with Crippen molar-refractivity contribution >= 4 is 0 Å². The second-order valence-electron chi connectivity index (χ2n) is 5.58. The summed E-state index contributed by atoms with van der Waals surface area (Å²) in [5.74, 6) is -0.798. The van der Waals surface area contributed by atoms with Gasteiger partial charge in [0, 0.05) is 2.74 Å². The highest BCUT2D eigenvalue weighted by Gasteiger charge is 2.07. The molecule has 0 aliphatic carbocycles. The molecular formula is C22H30O4. The molecule has 1 N–H and O–H groups in total. The van der Waals surface area contributed by atoms with Crippen molar-refractivity contribution in [1.29, 1.82) is 0 Å². The Hall–Kier alpha value is -2.20. The Morgan fingerprint density at radius 1 is 1.00 bits per heavy atom. The van der Waals surface area contributed by atoms with Gasteiger partial charge in [0.15, 0.2) is 11.5 Å². The van der Waals surface area contributed by atoms with Crippen LogP contribution in [0.25, 0.3) is 0 Å². The highest BCUT2D eigenvalue weighted by molar-refractivity contribution is 5.42. The molecule has 0 aliphatic rings. The van der Waals surface area contributed by atoms with Crippen LogP contribution >= 0.6 is 0 Å². The maximum Gasteiger partial charge on any atom is 0.160 e. The standard InChI is InChI=1S/C22H30O4/c1-16-9-11-20(13-17(16)2)26-15-19(23)8-6-5-7-18-10-12-21(24-3)22(14-18)25-4/h9-14,19,23H,5-8,15H2,1-4H3/i7D2,9D,10D,11D,12D,13D,14D,15D2. The van der Waals surface area contributed by atoms with Gasteiger partial charge in [-0.1, -0.05) is 18.5 Å². The highest BCUT2D eigenvalue weighted by atomic mass is 16.5. The van der Waals surface area contributed by atoms with E-state index in [0.29, 0.717) is 11.1 Å². The largest absolute Gasteiger partial charge is 0.493 e. The summed E-state index contributed by atoms with van der Waals surface area (Å²) >= 11 is 0. The second kappa shape index (κ2) is 10.1. The lowest BCUT2D eigenvalue weighted by atomic mass is 10.0. The molecule has 2 rings (SSSR count). The topological polar surface area (TPSA) is 47.9 Å². The Morgan fingerprint density at radius 2 is 1.77 bits per heavy atom. The van der Waals surface area contributed by atoms with Crippen LogP contribution in [0.1, 0.15) is 49.7 Å². The molecule has 0 bridgehead atoms. The molecule has 26 heavy (non-hydrogen) atoms. The Kier molecular flexibility index (Phi) is 3.96. The predicted molar refractivity (Wildman–Crippen MR) is 105 cm³/mol. The van der Waals surface area contributed by atoms with Gasteiger partial charge in [0.1, 0.15) is 12.3 Å². The average Bonchev–Trinajstić information content (AvgIpc) is 2.81. The van der Waals surface area contributed by atoms with Crippen molar-refractivity contribution in [3.8, 4) is 17.2 Å². The van der Waals surface area contributed by atoms with Gasteiger partial charge in [-0.05, 0) is 73.9 Å². The summed E-state index contributed by atoms with van der Waals surface area (Å²) < 4.78 is 97.0. The fourth-order valence-electron chi connectivity index (χ4n) is 2.04. The summed E-state index contributed by atoms with van der Waals surface area (Å²) in [6.45, 7) is 0.376. The van der Waals surface area contributed by atoms with Crippen molar-refractivity contribution in [2.45, 2.75) is 45.6 Å². The Bertz CT molecular complexity index is 1110. The maximum atomic E-state index is 10.5. The summed E-state index contributed by atoms with van der Waals surface area (Å²) in [5.41, 5.74) is 0.370. The molecule has 0 amide bonds. The van der Waals surface area contributed by atoms with Crippen LogP contribution < -0.4 is 14.2 Å². The molecule has 1 unspecified atom stereocenters. The lowest BCUT2D eigenvalue weighted by Crippen LogP contribution is -2.17. The van der Waals surface area contributed by atoms with Crippen LogP contribution in [-0.2, 0) is 6.37 Å². The van der Waals surface area contributed by atoms with Crippen molar-refractivity contribution in [2.75, 3.05) is 20.8 Å². The van der Waals surface area contributed by atoms with Crippen LogP contribution in [0.3, 0.4) is 0 Å². The third kappa shape index (κ3) is 5.95. The summed E-state index contributed by atoms with van der Waals surface area (Å²) in [6.07, 6.45) is -4.75. The van der Waals surface area contributed by atoms with Gasteiger partial charge in [-0.15, -0.1) is 0 Å². The Balaban J connectivity index is 2.22. The summed E-state index contributed by atoms with van der Waals surface area (Å²) in [6, 6.07) is -2.35. The molecule has 2 aromatic rings. The Morgan fingerprint density at radius 3 is 2.50 bits per heavy atom. The molecule has 4 heteroatoms. The SMILES string of the molecule is [2H]c1c([2H])c(OC([2H])([2H])C(O)CCCC([2H])([2H])c2c([2H])c([2H])c(OC)c(OC)c2[2H])c([2H])c(C)c1C. The molecule has 0 saturated carbocycles. The molecule has 2 aromatic carbocycles. The zero-order valence-electron chi connectivity index (χ0n) is 25.4. The molecule has 0 heterocycles. The van der Waals surface area contributed by atoms with E-state index in [4.69, 9.17) is 27.9 Å². The van der Waals surface area contributed by atoms with E-state index in [2.05, 4.69) is 0 Å². The van der Waals surface area contributed by atoms with Crippen molar-refractivity contribution in [2.24, 2.45) is 0 Å². The van der Waals surface area contributed by atoms with Gasteiger partial charge in [0.2, 0.25) is 0 Å². The fourth-order valence-corrected chi connectivity index (χ4v) is 2.04. The number of aliphatic hydroxyl groups excluding tert-OH is 1. The minimum atomic E-state index is -2.74. The first kappa shape index (κ1) is 10.2. The molecule has 142 valence electrons.